The van der Waals surface area contributed by atoms with E-state index in [1.807, 2.05) is 30.3 Å². The SMILES string of the molecule is C=CC(=O)NC1CCOCC1Cc1ccc2c(n1)C=C(C(=O)c1c(Cl)c(OC)cc(OC)c1Cl)C2.C=CC(=O)NC1CCOCC1Cc1ccc2oc(C(=O)c3c(Cl)c(OC)cc(OC)c3Cl)cc2n1.C=CC(=O)NC1CCOCC1Cc1ccc2sc(C(=O)c3c(Cl)c(OC)cc(OC)c3Cl)cc2n1. The molecule has 3 aliphatic heterocycles. The molecule has 3 amide bonds. The molecule has 0 bridgehead atoms. The van der Waals surface area contributed by atoms with Crippen LogP contribution in [0.2, 0.25) is 30.1 Å². The van der Waals surface area contributed by atoms with Gasteiger partial charge < -0.3 is 63.0 Å². The highest BCUT2D eigenvalue weighted by Gasteiger charge is 2.34. The topological polar surface area (TPSA) is 273 Å². The normalized spacial score (nSPS) is 18.1. The van der Waals surface area contributed by atoms with Crippen LogP contribution in [-0.2, 0) is 54.3 Å². The van der Waals surface area contributed by atoms with Gasteiger partial charge in [-0.1, -0.05) is 95.4 Å². The van der Waals surface area contributed by atoms with Gasteiger partial charge in [0.1, 0.15) is 40.0 Å². The van der Waals surface area contributed by atoms with Crippen LogP contribution in [-0.4, -0.2) is 150 Å². The average molecular weight is 1570 g/mol. The standard InChI is InChI=1S/C26H26Cl2N2O5.C25H24Cl2N2O6.C25H24Cl2N2O5S/c1-4-22(31)30-18-7-8-35-13-16(18)10-17-6-5-14-9-15(11-19(14)29-17)26(32)23-24(27)20(33-2)12-21(34-3)25(23)28;1-4-21(30)29-15-7-8-34-12-13(15)9-14-5-6-17-16(28-14)10-20(35-17)25(31)22-23(26)18(32-2)11-19(33-3)24(22)27;1-4-21(30)29-15-7-8-34-12-13(15)9-14-5-6-19-16(28-14)10-20(35-19)25(31)22-23(26)17(32-2)11-18(33-3)24(22)27/h4-6,11-12,16,18H,1,7-10,13H2,2-3H3,(H,30,31);2*4-6,10-11,13,15H,1,7-9,12H2,2-3H3,(H,29,30). The first kappa shape index (κ1) is 79.0. The predicted octanol–water partition coefficient (Wildman–Crippen LogP) is 14.2. The molecular formula is C76H74Cl6N6O16S. The van der Waals surface area contributed by atoms with E-state index in [-0.39, 0.29) is 129 Å². The summed E-state index contributed by atoms with van der Waals surface area (Å²) in [5, 5.41) is 9.59. The van der Waals surface area contributed by atoms with E-state index in [1.54, 1.807) is 36.4 Å². The number of rotatable bonds is 24. The van der Waals surface area contributed by atoms with Crippen LogP contribution in [0, 0.1) is 17.8 Å². The molecule has 3 fully saturated rings. The van der Waals surface area contributed by atoms with Crippen molar-refractivity contribution in [3.63, 3.8) is 0 Å². The third-order valence-electron chi connectivity index (χ3n) is 18.1. The highest BCUT2D eigenvalue weighted by molar-refractivity contribution is 7.21. The molecule has 5 aromatic heterocycles. The Hall–Kier alpha value is -8.59. The van der Waals surface area contributed by atoms with Gasteiger partial charge in [-0.05, 0) is 105 Å². The minimum absolute atomic E-state index is 0.00990. The minimum Gasteiger partial charge on any atom is -0.495 e. The maximum absolute atomic E-state index is 13.4. The van der Waals surface area contributed by atoms with Crippen molar-refractivity contribution in [3.8, 4) is 34.5 Å². The van der Waals surface area contributed by atoms with Crippen LogP contribution >= 0.6 is 80.9 Å². The quantitative estimate of drug-likeness (QED) is 0.0374. The Morgan fingerprint density at radius 1 is 0.486 bits per heavy atom. The van der Waals surface area contributed by atoms with Crippen molar-refractivity contribution >= 4 is 143 Å². The molecule has 6 unspecified atom stereocenters. The summed E-state index contributed by atoms with van der Waals surface area (Å²) in [6, 6.07) is 19.2. The summed E-state index contributed by atoms with van der Waals surface area (Å²) >= 11 is 39.8. The van der Waals surface area contributed by atoms with Gasteiger partial charge in [0.05, 0.1) is 130 Å². The predicted molar refractivity (Wildman–Crippen MR) is 404 cm³/mol. The van der Waals surface area contributed by atoms with Crippen LogP contribution in [0.25, 0.3) is 27.4 Å². The second-order valence-electron chi connectivity index (χ2n) is 24.6. The van der Waals surface area contributed by atoms with E-state index in [4.69, 9.17) is 127 Å². The molecule has 4 aliphatic rings. The van der Waals surface area contributed by atoms with Gasteiger partial charge in [0.15, 0.2) is 17.1 Å². The summed E-state index contributed by atoms with van der Waals surface area (Å²) in [5.41, 5.74) is 6.62. The Balaban J connectivity index is 0.000000169. The zero-order chi connectivity index (χ0) is 75.3. The fourth-order valence-electron chi connectivity index (χ4n) is 12.6. The first-order valence-corrected chi connectivity index (χ1v) is 36.1. The molecule has 12 rings (SSSR count). The van der Waals surface area contributed by atoms with E-state index >= 15 is 0 Å². The Morgan fingerprint density at radius 3 is 1.29 bits per heavy atom. The number of pyridine rings is 3. The molecule has 8 aromatic rings. The number of carbonyl (C=O) groups is 6. The molecule has 105 heavy (non-hydrogen) atoms. The van der Waals surface area contributed by atoms with Gasteiger partial charge in [0.2, 0.25) is 29.3 Å². The molecular weight excluding hydrogens is 1500 g/mol. The fraction of sp³-hybridized carbons (Fsp3) is 0.329. The molecule has 0 spiro atoms. The molecule has 6 atom stereocenters. The van der Waals surface area contributed by atoms with Gasteiger partial charge in [-0.25, -0.2) is 4.98 Å². The van der Waals surface area contributed by atoms with E-state index < -0.39 is 5.78 Å². The molecule has 1 aliphatic carbocycles. The number of ether oxygens (including phenoxy) is 9. The number of amides is 3. The molecule has 3 N–H and O–H groups in total. The number of nitrogens with one attached hydrogen (secondary N) is 3. The lowest BCUT2D eigenvalue weighted by atomic mass is 9.90. The Bertz CT molecular complexity index is 4430. The second-order valence-corrected chi connectivity index (χ2v) is 27.9. The third kappa shape index (κ3) is 18.3. The summed E-state index contributed by atoms with van der Waals surface area (Å²) < 4.78 is 55.2. The van der Waals surface area contributed by atoms with Crippen molar-refractivity contribution < 1.29 is 75.8 Å². The second kappa shape index (κ2) is 36.1. The monoisotopic (exact) mass is 1570 g/mol. The van der Waals surface area contributed by atoms with Gasteiger partial charge in [-0.15, -0.1) is 11.3 Å². The number of thiophene rings is 1. The number of hydrogen-bond donors (Lipinski definition) is 3. The third-order valence-corrected chi connectivity index (χ3v) is 21.5. The molecule has 0 saturated carbocycles. The van der Waals surface area contributed by atoms with E-state index in [1.165, 1.54) is 78.3 Å². The van der Waals surface area contributed by atoms with Gasteiger partial charge in [0.25, 0.3) is 0 Å². The van der Waals surface area contributed by atoms with Crippen molar-refractivity contribution in [1.29, 1.82) is 0 Å². The van der Waals surface area contributed by atoms with Crippen molar-refractivity contribution in [1.82, 2.24) is 30.9 Å². The summed E-state index contributed by atoms with van der Waals surface area (Å²) in [6.07, 6.45) is 10.0. The van der Waals surface area contributed by atoms with Crippen molar-refractivity contribution in [2.75, 3.05) is 82.3 Å². The number of nitrogens with zero attached hydrogens (tertiary/aromatic N) is 3. The Morgan fingerprint density at radius 2 is 0.867 bits per heavy atom. The smallest absolute Gasteiger partial charge is 0.243 e. The number of hydrogen-bond acceptors (Lipinski definition) is 20. The largest absolute Gasteiger partial charge is 0.495 e. The fourth-order valence-corrected chi connectivity index (χ4v) is 15.6. The van der Waals surface area contributed by atoms with Crippen LogP contribution in [0.3, 0.4) is 0 Å². The number of benzene rings is 3. The number of methoxy groups -OCH3 is 6. The summed E-state index contributed by atoms with van der Waals surface area (Å²) in [4.78, 5) is 90.2. The van der Waals surface area contributed by atoms with E-state index in [0.717, 1.165) is 45.9 Å². The highest BCUT2D eigenvalue weighted by Crippen LogP contribution is 2.46. The molecule has 3 saturated heterocycles. The molecule has 552 valence electrons. The Labute approximate surface area is 639 Å². The van der Waals surface area contributed by atoms with Crippen LogP contribution in [0.1, 0.15) is 89.3 Å². The van der Waals surface area contributed by atoms with Gasteiger partial charge in [0, 0.05) is 109 Å². The van der Waals surface area contributed by atoms with Gasteiger partial charge in [-0.3, -0.25) is 38.7 Å². The number of Topliss-reactive ketones (excluding diaryl/α,β-unsaturated/α-hetero) is 1. The lowest BCUT2D eigenvalue weighted by molar-refractivity contribution is -0.119. The van der Waals surface area contributed by atoms with E-state index in [9.17, 15) is 28.8 Å². The van der Waals surface area contributed by atoms with E-state index in [0.29, 0.717) is 122 Å². The van der Waals surface area contributed by atoms with Crippen LogP contribution in [0.15, 0.2) is 115 Å². The molecule has 3 aromatic carbocycles. The number of allylic oxidation sites excluding steroid dienone is 1. The molecule has 22 nitrogen and oxygen atoms in total. The number of fused-ring (bicyclic) bond motifs is 3. The van der Waals surface area contributed by atoms with Crippen molar-refractivity contribution in [3.05, 3.63) is 196 Å². The Kier molecular flexibility index (Phi) is 27.2. The summed E-state index contributed by atoms with van der Waals surface area (Å²) in [7, 11) is 8.70. The van der Waals surface area contributed by atoms with Crippen molar-refractivity contribution in [2.45, 2.75) is 63.1 Å². The highest BCUT2D eigenvalue weighted by atomic mass is 35.5. The first-order valence-electron chi connectivity index (χ1n) is 33.0. The lowest BCUT2D eigenvalue weighted by Gasteiger charge is -2.31. The maximum atomic E-state index is 13.4. The zero-order valence-electron chi connectivity index (χ0n) is 58.0. The minimum atomic E-state index is -0.523. The van der Waals surface area contributed by atoms with Gasteiger partial charge in [-0.2, -0.15) is 0 Å². The number of aromatic nitrogens is 3. The zero-order valence-corrected chi connectivity index (χ0v) is 63.3. The number of halogens is 6. The summed E-state index contributed by atoms with van der Waals surface area (Å²) in [5.74, 6) is 0.190. The van der Waals surface area contributed by atoms with Gasteiger partial charge >= 0.3 is 0 Å². The molecule has 8 heterocycles. The molecule has 29 heteroatoms. The van der Waals surface area contributed by atoms with E-state index in [2.05, 4.69) is 40.7 Å². The maximum Gasteiger partial charge on any atom is 0.243 e. The van der Waals surface area contributed by atoms with Crippen LogP contribution < -0.4 is 44.4 Å². The summed E-state index contributed by atoms with van der Waals surface area (Å²) in [6.45, 7) is 13.9. The molecule has 0 radical (unpaired) electrons. The van der Waals surface area contributed by atoms with Crippen molar-refractivity contribution in [2.24, 2.45) is 17.8 Å². The number of carbonyl (C=O) groups excluding carboxylic acids is 6. The number of furan rings is 1. The lowest BCUT2D eigenvalue weighted by Crippen LogP contribution is -2.45. The average Bonchev–Trinajstić information content (AvgIpc) is 1.75. The first-order chi connectivity index (χ1) is 50.6. The van der Waals surface area contributed by atoms with Crippen LogP contribution in [0.4, 0.5) is 0 Å². The van der Waals surface area contributed by atoms with Crippen LogP contribution in [0.5, 0.6) is 34.5 Å². The number of ketones is 3.